The highest BCUT2D eigenvalue weighted by atomic mass is 35.5. The number of aromatic nitrogens is 1. The average molecular weight is 369 g/mol. The van der Waals surface area contributed by atoms with Crippen molar-refractivity contribution < 1.29 is 13.2 Å². The van der Waals surface area contributed by atoms with Gasteiger partial charge in [-0.25, -0.2) is 17.9 Å². The zero-order valence-corrected chi connectivity index (χ0v) is 14.5. The summed E-state index contributed by atoms with van der Waals surface area (Å²) >= 11 is 5.97. The lowest BCUT2D eigenvalue weighted by molar-refractivity contribution is 0.262. The van der Waals surface area contributed by atoms with Crippen molar-refractivity contribution in [1.82, 2.24) is 9.71 Å². The fourth-order valence-electron chi connectivity index (χ4n) is 1.98. The lowest BCUT2D eigenvalue weighted by atomic mass is 10.1. The van der Waals surface area contributed by atoms with Crippen LogP contribution < -0.4 is 15.4 Å². The van der Waals surface area contributed by atoms with Gasteiger partial charge in [-0.1, -0.05) is 17.7 Å². The van der Waals surface area contributed by atoms with Gasteiger partial charge in [-0.05, 0) is 36.2 Å². The van der Waals surface area contributed by atoms with Gasteiger partial charge >= 0.3 is 6.03 Å². The van der Waals surface area contributed by atoms with Crippen molar-refractivity contribution in [2.24, 2.45) is 0 Å². The maximum absolute atomic E-state index is 12.1. The number of hydrogen-bond acceptors (Lipinski definition) is 4. The molecule has 0 fully saturated rings. The fourth-order valence-corrected chi connectivity index (χ4v) is 2.62. The first-order valence-electron chi connectivity index (χ1n) is 7.04. The van der Waals surface area contributed by atoms with E-state index in [9.17, 15) is 13.2 Å². The first-order chi connectivity index (χ1) is 11.3. The highest BCUT2D eigenvalue weighted by molar-refractivity contribution is 7.88. The largest absolute Gasteiger partial charge is 0.323 e. The van der Waals surface area contributed by atoms with Gasteiger partial charge in [-0.15, -0.1) is 0 Å². The minimum Gasteiger partial charge on any atom is -0.307 e. The predicted octanol–water partition coefficient (Wildman–Crippen LogP) is 2.47. The van der Waals surface area contributed by atoms with Gasteiger partial charge in [-0.2, -0.15) is 0 Å². The SMILES string of the molecule is CS(=O)(=O)NCCc1ccc(Cl)cc1NC(=O)Nc1cccnc1. The molecule has 7 nitrogen and oxygen atoms in total. The highest BCUT2D eigenvalue weighted by Crippen LogP contribution is 2.22. The monoisotopic (exact) mass is 368 g/mol. The summed E-state index contributed by atoms with van der Waals surface area (Å²) < 4.78 is 24.7. The van der Waals surface area contributed by atoms with E-state index < -0.39 is 16.1 Å². The number of pyridine rings is 1. The fraction of sp³-hybridized carbons (Fsp3) is 0.200. The number of benzene rings is 1. The van der Waals surface area contributed by atoms with Crippen LogP contribution in [0, 0.1) is 0 Å². The van der Waals surface area contributed by atoms with Gasteiger partial charge in [0.1, 0.15) is 0 Å². The van der Waals surface area contributed by atoms with E-state index >= 15 is 0 Å². The molecule has 1 heterocycles. The van der Waals surface area contributed by atoms with Crippen LogP contribution in [0.2, 0.25) is 5.02 Å². The smallest absolute Gasteiger partial charge is 0.307 e. The third-order valence-corrected chi connectivity index (χ3v) is 3.96. The van der Waals surface area contributed by atoms with E-state index in [1.165, 1.54) is 6.20 Å². The third kappa shape index (κ3) is 6.15. The topological polar surface area (TPSA) is 100 Å². The molecule has 0 radical (unpaired) electrons. The van der Waals surface area contributed by atoms with Gasteiger partial charge in [-0.3, -0.25) is 4.98 Å². The van der Waals surface area contributed by atoms with Crippen molar-refractivity contribution >= 4 is 39.0 Å². The summed E-state index contributed by atoms with van der Waals surface area (Å²) in [4.78, 5) is 16.0. The molecule has 0 aliphatic rings. The number of amides is 2. The van der Waals surface area contributed by atoms with Crippen LogP contribution in [0.5, 0.6) is 0 Å². The summed E-state index contributed by atoms with van der Waals surface area (Å²) in [5.74, 6) is 0. The number of carbonyl (C=O) groups excluding carboxylic acids is 1. The number of sulfonamides is 1. The van der Waals surface area contributed by atoms with E-state index in [2.05, 4.69) is 20.3 Å². The Balaban J connectivity index is 2.05. The van der Waals surface area contributed by atoms with Gasteiger partial charge < -0.3 is 10.6 Å². The first kappa shape index (κ1) is 18.2. The molecule has 0 saturated heterocycles. The minimum atomic E-state index is -3.26. The van der Waals surface area contributed by atoms with Crippen molar-refractivity contribution in [3.8, 4) is 0 Å². The molecule has 24 heavy (non-hydrogen) atoms. The maximum atomic E-state index is 12.1. The number of nitrogens with zero attached hydrogens (tertiary/aromatic N) is 1. The van der Waals surface area contributed by atoms with Gasteiger partial charge in [0.05, 0.1) is 18.1 Å². The van der Waals surface area contributed by atoms with Crippen molar-refractivity contribution in [2.45, 2.75) is 6.42 Å². The van der Waals surface area contributed by atoms with Gasteiger partial charge in [0.25, 0.3) is 0 Å². The van der Waals surface area contributed by atoms with Gasteiger partial charge in [0.2, 0.25) is 10.0 Å². The van der Waals surface area contributed by atoms with Crippen LogP contribution in [0.25, 0.3) is 0 Å². The molecule has 0 aliphatic heterocycles. The molecule has 3 N–H and O–H groups in total. The van der Waals surface area contributed by atoms with Crippen LogP contribution in [0.3, 0.4) is 0 Å². The summed E-state index contributed by atoms with van der Waals surface area (Å²) in [6.07, 6.45) is 4.63. The number of hydrogen-bond donors (Lipinski definition) is 3. The quantitative estimate of drug-likeness (QED) is 0.729. The van der Waals surface area contributed by atoms with Crippen molar-refractivity contribution in [3.63, 3.8) is 0 Å². The molecule has 0 atom stereocenters. The van der Waals surface area contributed by atoms with E-state index in [-0.39, 0.29) is 6.54 Å². The summed E-state index contributed by atoms with van der Waals surface area (Å²) in [6.45, 7) is 0.222. The zero-order valence-electron chi connectivity index (χ0n) is 12.9. The standard InChI is InChI=1S/C15H17ClN4O3S/c1-24(22,23)18-8-6-11-4-5-12(16)9-14(11)20-15(21)19-13-3-2-7-17-10-13/h2-5,7,9-10,18H,6,8H2,1H3,(H2,19,20,21). The number of carbonyl (C=O) groups is 1. The molecule has 0 unspecified atom stereocenters. The second-order valence-corrected chi connectivity index (χ2v) is 7.31. The maximum Gasteiger partial charge on any atom is 0.323 e. The molecule has 0 aliphatic carbocycles. The Bertz CT molecular complexity index is 813. The lowest BCUT2D eigenvalue weighted by Gasteiger charge is -2.13. The van der Waals surface area contributed by atoms with Crippen molar-refractivity contribution in [3.05, 3.63) is 53.3 Å². The Morgan fingerprint density at radius 3 is 2.71 bits per heavy atom. The van der Waals surface area contributed by atoms with Crippen molar-refractivity contribution in [2.75, 3.05) is 23.4 Å². The third-order valence-electron chi connectivity index (χ3n) is 3.00. The Hall–Kier alpha value is -2.16. The van der Waals surface area contributed by atoms with Gasteiger partial charge in [0, 0.05) is 23.5 Å². The highest BCUT2D eigenvalue weighted by Gasteiger charge is 2.09. The molecule has 9 heteroatoms. The Morgan fingerprint density at radius 1 is 1.25 bits per heavy atom. The molecule has 0 spiro atoms. The van der Waals surface area contributed by atoms with Crippen LogP contribution >= 0.6 is 11.6 Å². The average Bonchev–Trinajstić information content (AvgIpc) is 2.49. The molecule has 128 valence electrons. The zero-order chi connectivity index (χ0) is 17.6. The molecule has 1 aromatic carbocycles. The minimum absolute atomic E-state index is 0.222. The Morgan fingerprint density at radius 2 is 2.04 bits per heavy atom. The number of urea groups is 1. The first-order valence-corrected chi connectivity index (χ1v) is 9.31. The van der Waals surface area contributed by atoms with Gasteiger partial charge in [0.15, 0.2) is 0 Å². The number of anilines is 2. The Labute approximate surface area is 145 Å². The molecule has 2 rings (SSSR count). The summed E-state index contributed by atoms with van der Waals surface area (Å²) in [5.41, 5.74) is 1.83. The molecular weight excluding hydrogens is 352 g/mol. The van der Waals surface area contributed by atoms with Crippen molar-refractivity contribution in [1.29, 1.82) is 0 Å². The van der Waals surface area contributed by atoms with E-state index in [4.69, 9.17) is 11.6 Å². The van der Waals surface area contributed by atoms with E-state index in [1.807, 2.05) is 0 Å². The molecule has 0 saturated carbocycles. The van der Waals surface area contributed by atoms with Crippen LogP contribution in [0.15, 0.2) is 42.7 Å². The molecule has 2 amide bonds. The van der Waals surface area contributed by atoms with Crippen LogP contribution in [-0.4, -0.2) is 32.2 Å². The summed E-state index contributed by atoms with van der Waals surface area (Å²) in [5, 5.41) is 5.82. The number of halogens is 1. The van der Waals surface area contributed by atoms with Crippen LogP contribution in [-0.2, 0) is 16.4 Å². The van der Waals surface area contributed by atoms with Crippen LogP contribution in [0.1, 0.15) is 5.56 Å². The molecule has 1 aromatic heterocycles. The molecular formula is C15H17ClN4O3S. The number of rotatable bonds is 6. The van der Waals surface area contributed by atoms with Crippen LogP contribution in [0.4, 0.5) is 16.2 Å². The summed E-state index contributed by atoms with van der Waals surface area (Å²) in [7, 11) is -3.26. The molecule has 2 aromatic rings. The second kappa shape index (κ2) is 8.09. The normalized spacial score (nSPS) is 11.1. The Kier molecular flexibility index (Phi) is 6.13. The number of nitrogens with one attached hydrogen (secondary N) is 3. The second-order valence-electron chi connectivity index (χ2n) is 5.04. The summed E-state index contributed by atoms with van der Waals surface area (Å²) in [6, 6.07) is 8.01. The van der Waals surface area contributed by atoms with E-state index in [1.54, 1.807) is 36.5 Å². The van der Waals surface area contributed by atoms with E-state index in [0.717, 1.165) is 11.8 Å². The predicted molar refractivity (Wildman–Crippen MR) is 94.9 cm³/mol. The van der Waals surface area contributed by atoms with E-state index in [0.29, 0.717) is 22.8 Å². The lowest BCUT2D eigenvalue weighted by Crippen LogP contribution is -2.25. The molecule has 0 bridgehead atoms.